The minimum Gasteiger partial charge on any atom is -1.00 e. The Balaban J connectivity index is -0.000000405. The Hall–Kier alpha value is 0.450. The summed E-state index contributed by atoms with van der Waals surface area (Å²) in [6.45, 7) is 1.22. The molecule has 0 rings (SSSR count). The van der Waals surface area contributed by atoms with Crippen molar-refractivity contribution < 1.29 is 45.3 Å². The van der Waals surface area contributed by atoms with E-state index < -0.39 is 17.2 Å². The van der Waals surface area contributed by atoms with Crippen LogP contribution in [0.15, 0.2) is 0 Å². The summed E-state index contributed by atoms with van der Waals surface area (Å²) in [7, 11) is 0. The van der Waals surface area contributed by atoms with Gasteiger partial charge in [0.25, 0.3) is 0 Å². The monoisotopic (exact) mass is 187 g/mol. The average molecular weight is 187 g/mol. The van der Waals surface area contributed by atoms with Gasteiger partial charge in [-0.15, -0.1) is 0 Å². The summed E-state index contributed by atoms with van der Waals surface area (Å²) in [5, 5.41) is -0.588. The zero-order valence-electron chi connectivity index (χ0n) is 7.53. The van der Waals surface area contributed by atoms with E-state index in [1.807, 2.05) is 0 Å². The van der Waals surface area contributed by atoms with Crippen LogP contribution in [0.2, 0.25) is 0 Å². The number of thiol groups is 1. The minimum absolute atomic E-state index is 0. The van der Waals surface area contributed by atoms with E-state index in [-0.39, 0.29) is 37.5 Å². The van der Waals surface area contributed by atoms with Gasteiger partial charge in [0.05, 0.1) is 11.8 Å². The van der Waals surface area contributed by atoms with Crippen LogP contribution in [-0.2, 0) is 14.3 Å². The molecular weight excluding hydrogens is 177 g/mol. The topological polar surface area (TPSA) is 69.4 Å². The molecule has 0 aromatic heterocycles. The first-order valence-electron chi connectivity index (χ1n) is 2.70. The Morgan fingerprint density at radius 2 is 2.18 bits per heavy atom. The number of ether oxygens (including phenoxy) is 1. The van der Waals surface area contributed by atoms with Gasteiger partial charge in [0.15, 0.2) is 0 Å². The molecule has 0 aliphatic carbocycles. The van der Waals surface area contributed by atoms with E-state index in [0.29, 0.717) is 0 Å². The molecule has 0 saturated carbocycles. The van der Waals surface area contributed by atoms with E-state index in [1.165, 1.54) is 6.92 Å². The van der Waals surface area contributed by atoms with E-state index in [1.54, 1.807) is 0 Å². The molecule has 0 aliphatic heterocycles. The fourth-order valence-electron chi connectivity index (χ4n) is 0.239. The van der Waals surface area contributed by atoms with Crippen LogP contribution in [0.4, 0.5) is 0 Å². The van der Waals surface area contributed by atoms with Crippen LogP contribution < -0.4 is 35.3 Å². The van der Waals surface area contributed by atoms with Crippen LogP contribution in [0.1, 0.15) is 8.35 Å². The molecule has 0 heterocycles. The summed E-state index contributed by atoms with van der Waals surface area (Å²) in [4.78, 5) is 20.9. The van der Waals surface area contributed by atoms with Gasteiger partial charge in [0, 0.05) is 0 Å². The van der Waals surface area contributed by atoms with Crippen molar-refractivity contribution in [3.05, 3.63) is 0 Å². The third-order valence-electron chi connectivity index (χ3n) is 0.722. The van der Waals surface area contributed by atoms with Gasteiger partial charge in [-0.05, 0) is 6.92 Å². The molecule has 0 saturated heterocycles. The van der Waals surface area contributed by atoms with Gasteiger partial charge in [0.1, 0.15) is 0 Å². The largest absolute Gasteiger partial charge is 1.00 e. The van der Waals surface area contributed by atoms with Crippen LogP contribution in [0.5, 0.6) is 0 Å². The van der Waals surface area contributed by atoms with Gasteiger partial charge >= 0.3 is 41.5 Å². The Morgan fingerprint density at radius 1 is 1.73 bits per heavy atom. The smallest absolute Gasteiger partial charge is 1.00 e. The van der Waals surface area contributed by atoms with Crippen molar-refractivity contribution >= 4 is 24.6 Å². The molecule has 0 aliphatic rings. The van der Waals surface area contributed by atoms with Crippen LogP contribution in [0, 0.1) is 0 Å². The van der Waals surface area contributed by atoms with Crippen LogP contribution in [0.3, 0.4) is 0 Å². The zero-order chi connectivity index (χ0) is 8.15. The van der Waals surface area contributed by atoms with Crippen molar-refractivity contribution in [2.24, 2.45) is 5.73 Å². The van der Waals surface area contributed by atoms with Gasteiger partial charge < -0.3 is 11.9 Å². The van der Waals surface area contributed by atoms with Crippen molar-refractivity contribution in [3.8, 4) is 0 Å². The second-order valence-electron chi connectivity index (χ2n) is 1.67. The molecule has 0 bridgehead atoms. The molecule has 1 atom stereocenters. The number of carbonyl (C=O) groups is 2. The Kier molecular flexibility index (Phi) is 9.06. The molecule has 0 radical (unpaired) electrons. The summed E-state index contributed by atoms with van der Waals surface area (Å²) >= 11 is 3.74. The van der Waals surface area contributed by atoms with E-state index in [0.717, 1.165) is 0 Å². The summed E-state index contributed by atoms with van der Waals surface area (Å²) in [5.74, 6) is -1.40. The van der Waals surface area contributed by atoms with Crippen LogP contribution in [-0.4, -0.2) is 23.7 Å². The predicted octanol–water partition coefficient (Wildman–Crippen LogP) is -3.55. The van der Waals surface area contributed by atoms with Gasteiger partial charge in [-0.3, -0.25) is 9.59 Å². The standard InChI is InChI=1S/C5H9NO3S.Na.H/c1-3(10)5(8)9-4(7)2-6;;/h3,10H,2,6H2,1H3;;/q;+1;-1. The van der Waals surface area contributed by atoms with Crippen LogP contribution in [0.25, 0.3) is 0 Å². The molecule has 0 spiro atoms. The van der Waals surface area contributed by atoms with E-state index in [4.69, 9.17) is 5.73 Å². The molecule has 2 N–H and O–H groups in total. The van der Waals surface area contributed by atoms with Gasteiger partial charge in [0.2, 0.25) is 0 Å². The maximum Gasteiger partial charge on any atom is 1.00 e. The first-order chi connectivity index (χ1) is 4.57. The molecule has 0 amide bonds. The Labute approximate surface area is 94.0 Å². The second-order valence-corrected chi connectivity index (χ2v) is 2.45. The van der Waals surface area contributed by atoms with E-state index in [2.05, 4.69) is 17.4 Å². The summed E-state index contributed by atoms with van der Waals surface area (Å²) in [5.41, 5.74) is 4.87. The maximum absolute atomic E-state index is 10.5. The number of nitrogens with two attached hydrogens (primary N) is 1. The number of carbonyl (C=O) groups excluding carboxylic acids is 2. The predicted molar refractivity (Wildman–Crippen MR) is 39.7 cm³/mol. The SMILES string of the molecule is CC(S)C(=O)OC(=O)CN.[H-].[Na+]. The summed E-state index contributed by atoms with van der Waals surface area (Å²) in [6, 6.07) is 0. The zero-order valence-corrected chi connectivity index (χ0v) is 9.43. The Morgan fingerprint density at radius 3 is 2.45 bits per heavy atom. The third-order valence-corrected chi connectivity index (χ3v) is 0.933. The minimum atomic E-state index is -0.731. The average Bonchev–Trinajstić information content (AvgIpc) is 1.87. The van der Waals surface area contributed by atoms with Crippen molar-refractivity contribution in [3.63, 3.8) is 0 Å². The molecule has 6 heteroatoms. The normalized spacial score (nSPS) is 11.2. The van der Waals surface area contributed by atoms with Gasteiger partial charge in [-0.2, -0.15) is 12.6 Å². The number of rotatable bonds is 2. The molecule has 4 nitrogen and oxygen atoms in total. The summed E-state index contributed by atoms with van der Waals surface area (Å²) < 4.78 is 4.18. The quantitative estimate of drug-likeness (QED) is 0.203. The number of esters is 2. The molecule has 1 unspecified atom stereocenters. The first kappa shape index (κ1) is 14.0. The molecule has 11 heavy (non-hydrogen) atoms. The van der Waals surface area contributed by atoms with Crippen molar-refractivity contribution in [1.82, 2.24) is 0 Å². The van der Waals surface area contributed by atoms with E-state index >= 15 is 0 Å². The molecule has 60 valence electrons. The molecular formula is C5H10NNaO3S. The van der Waals surface area contributed by atoms with E-state index in [9.17, 15) is 9.59 Å². The van der Waals surface area contributed by atoms with Gasteiger partial charge in [-0.25, -0.2) is 0 Å². The molecule has 0 aromatic rings. The maximum atomic E-state index is 10.5. The fraction of sp³-hybridized carbons (Fsp3) is 0.600. The van der Waals surface area contributed by atoms with Crippen molar-refractivity contribution in [2.75, 3.05) is 6.54 Å². The van der Waals surface area contributed by atoms with Gasteiger partial charge in [-0.1, -0.05) is 0 Å². The second kappa shape index (κ2) is 7.12. The third kappa shape index (κ3) is 6.83. The number of hydrogen-bond acceptors (Lipinski definition) is 5. The Bertz CT molecular complexity index is 156. The van der Waals surface area contributed by atoms with Crippen molar-refractivity contribution in [2.45, 2.75) is 12.2 Å². The fourth-order valence-corrected chi connectivity index (χ4v) is 0.292. The molecule has 0 aromatic carbocycles. The first-order valence-corrected chi connectivity index (χ1v) is 3.22. The molecule has 0 fully saturated rings. The van der Waals surface area contributed by atoms with Crippen molar-refractivity contribution in [1.29, 1.82) is 0 Å². The van der Waals surface area contributed by atoms with Crippen LogP contribution >= 0.6 is 12.6 Å². The summed E-state index contributed by atoms with van der Waals surface area (Å²) in [6.07, 6.45) is 0. The number of hydrogen-bond donors (Lipinski definition) is 2.